The van der Waals surface area contributed by atoms with Gasteiger partial charge in [0.15, 0.2) is 0 Å². The highest BCUT2D eigenvalue weighted by atomic mass is 15.2. The highest BCUT2D eigenvalue weighted by Crippen LogP contribution is 2.16. The molecule has 0 radical (unpaired) electrons. The molecule has 0 amide bonds. The third-order valence-corrected chi connectivity index (χ3v) is 3.76. The van der Waals surface area contributed by atoms with Crippen molar-refractivity contribution in [2.24, 2.45) is 0 Å². The predicted molar refractivity (Wildman–Crippen MR) is 80.4 cm³/mol. The molecule has 1 fully saturated rings. The van der Waals surface area contributed by atoms with Crippen LogP contribution in [0.4, 0.5) is 5.82 Å². The fraction of sp³-hybridized carbons (Fsp3) is 0.667. The first kappa shape index (κ1) is 14.3. The highest BCUT2D eigenvalue weighted by Gasteiger charge is 2.23. The van der Waals surface area contributed by atoms with Crippen LogP contribution in [-0.2, 0) is 6.54 Å². The van der Waals surface area contributed by atoms with E-state index in [4.69, 9.17) is 0 Å². The third-order valence-electron chi connectivity index (χ3n) is 3.76. The fourth-order valence-corrected chi connectivity index (χ4v) is 2.51. The quantitative estimate of drug-likeness (QED) is 0.850. The lowest BCUT2D eigenvalue weighted by molar-refractivity contribution is 0.264. The maximum absolute atomic E-state index is 4.46. The van der Waals surface area contributed by atoms with Crippen molar-refractivity contribution >= 4 is 5.82 Å². The van der Waals surface area contributed by atoms with Gasteiger partial charge in [-0.2, -0.15) is 0 Å². The second kappa shape index (κ2) is 6.87. The van der Waals surface area contributed by atoms with E-state index < -0.39 is 0 Å². The van der Waals surface area contributed by atoms with Crippen LogP contribution in [0.15, 0.2) is 18.3 Å². The molecule has 4 heteroatoms. The molecular formula is C15H26N4. The van der Waals surface area contributed by atoms with Gasteiger partial charge in [-0.05, 0) is 38.6 Å². The Balaban J connectivity index is 1.83. The third kappa shape index (κ3) is 4.18. The van der Waals surface area contributed by atoms with Gasteiger partial charge in [0.1, 0.15) is 5.82 Å². The molecule has 1 aromatic rings. The predicted octanol–water partition coefficient (Wildman–Crippen LogP) is 2.04. The molecule has 19 heavy (non-hydrogen) atoms. The zero-order valence-corrected chi connectivity index (χ0v) is 12.4. The number of anilines is 1. The number of aromatic nitrogens is 1. The Kier molecular flexibility index (Phi) is 5.16. The van der Waals surface area contributed by atoms with Gasteiger partial charge in [-0.3, -0.25) is 4.90 Å². The monoisotopic (exact) mass is 262 g/mol. The SMILES string of the molecule is CCCNc1ccc(CN2CCC(N(C)C)C2)cn1. The average Bonchev–Trinajstić information content (AvgIpc) is 2.87. The second-order valence-corrected chi connectivity index (χ2v) is 5.62. The van der Waals surface area contributed by atoms with Gasteiger partial charge >= 0.3 is 0 Å². The summed E-state index contributed by atoms with van der Waals surface area (Å²) < 4.78 is 0. The molecule has 0 saturated carbocycles. The van der Waals surface area contributed by atoms with Crippen molar-refractivity contribution in [2.45, 2.75) is 32.4 Å². The zero-order valence-electron chi connectivity index (χ0n) is 12.4. The van der Waals surface area contributed by atoms with Crippen LogP contribution in [0.25, 0.3) is 0 Å². The van der Waals surface area contributed by atoms with Crippen LogP contribution in [0.1, 0.15) is 25.3 Å². The van der Waals surface area contributed by atoms with Gasteiger partial charge in [0.2, 0.25) is 0 Å². The zero-order chi connectivity index (χ0) is 13.7. The standard InChI is InChI=1S/C15H26N4/c1-4-8-16-15-6-5-13(10-17-15)11-19-9-7-14(12-19)18(2)3/h5-6,10,14H,4,7-9,11-12H2,1-3H3,(H,16,17). The number of hydrogen-bond donors (Lipinski definition) is 1. The van der Waals surface area contributed by atoms with Crippen LogP contribution in [-0.4, -0.2) is 54.6 Å². The van der Waals surface area contributed by atoms with Gasteiger partial charge in [0, 0.05) is 38.4 Å². The molecule has 0 spiro atoms. The molecule has 1 aliphatic heterocycles. The van der Waals surface area contributed by atoms with Gasteiger partial charge < -0.3 is 10.2 Å². The number of rotatable bonds is 6. The van der Waals surface area contributed by atoms with Crippen LogP contribution in [0.2, 0.25) is 0 Å². The van der Waals surface area contributed by atoms with Crippen LogP contribution >= 0.6 is 0 Å². The van der Waals surface area contributed by atoms with Crippen molar-refractivity contribution in [3.05, 3.63) is 23.9 Å². The first-order chi connectivity index (χ1) is 9.19. The summed E-state index contributed by atoms with van der Waals surface area (Å²) in [5.41, 5.74) is 1.31. The van der Waals surface area contributed by atoms with E-state index in [1.54, 1.807) is 0 Å². The summed E-state index contributed by atoms with van der Waals surface area (Å²) >= 11 is 0. The summed E-state index contributed by atoms with van der Waals surface area (Å²) in [5, 5.41) is 3.31. The Bertz CT molecular complexity index is 374. The number of nitrogens with zero attached hydrogens (tertiary/aromatic N) is 3. The van der Waals surface area contributed by atoms with Crippen molar-refractivity contribution in [3.8, 4) is 0 Å². The Hall–Kier alpha value is -1.13. The van der Waals surface area contributed by atoms with Crippen LogP contribution < -0.4 is 5.32 Å². The largest absolute Gasteiger partial charge is 0.370 e. The number of likely N-dealkylation sites (N-methyl/N-ethyl adjacent to an activating group) is 1. The van der Waals surface area contributed by atoms with E-state index in [0.717, 1.165) is 25.3 Å². The van der Waals surface area contributed by atoms with Gasteiger partial charge in [-0.1, -0.05) is 13.0 Å². The first-order valence-corrected chi connectivity index (χ1v) is 7.26. The molecule has 1 aromatic heterocycles. The second-order valence-electron chi connectivity index (χ2n) is 5.62. The first-order valence-electron chi connectivity index (χ1n) is 7.26. The van der Waals surface area contributed by atoms with Gasteiger partial charge in [0.25, 0.3) is 0 Å². The van der Waals surface area contributed by atoms with E-state index in [1.807, 2.05) is 6.20 Å². The molecule has 106 valence electrons. The molecule has 1 saturated heterocycles. The normalized spacial score (nSPS) is 20.1. The molecular weight excluding hydrogens is 236 g/mol. The lowest BCUT2D eigenvalue weighted by Gasteiger charge is -2.20. The Morgan fingerprint density at radius 1 is 1.42 bits per heavy atom. The molecule has 2 heterocycles. The number of hydrogen-bond acceptors (Lipinski definition) is 4. The lowest BCUT2D eigenvalue weighted by Crippen LogP contribution is -2.31. The van der Waals surface area contributed by atoms with E-state index >= 15 is 0 Å². The molecule has 1 atom stereocenters. The molecule has 4 nitrogen and oxygen atoms in total. The van der Waals surface area contributed by atoms with Crippen molar-refractivity contribution in [2.75, 3.05) is 39.0 Å². The van der Waals surface area contributed by atoms with Crippen LogP contribution in [0, 0.1) is 0 Å². The molecule has 1 N–H and O–H groups in total. The highest BCUT2D eigenvalue weighted by molar-refractivity contribution is 5.35. The lowest BCUT2D eigenvalue weighted by atomic mass is 10.2. The van der Waals surface area contributed by atoms with Crippen LogP contribution in [0.3, 0.4) is 0 Å². The van der Waals surface area contributed by atoms with Crippen molar-refractivity contribution in [1.29, 1.82) is 0 Å². The Labute approximate surface area is 116 Å². The molecule has 2 rings (SSSR count). The van der Waals surface area contributed by atoms with E-state index in [0.29, 0.717) is 6.04 Å². The molecule has 0 aliphatic carbocycles. The Morgan fingerprint density at radius 2 is 2.26 bits per heavy atom. The van der Waals surface area contributed by atoms with Crippen molar-refractivity contribution in [3.63, 3.8) is 0 Å². The van der Waals surface area contributed by atoms with Crippen molar-refractivity contribution < 1.29 is 0 Å². The molecule has 1 aliphatic rings. The Morgan fingerprint density at radius 3 is 2.84 bits per heavy atom. The molecule has 0 bridgehead atoms. The summed E-state index contributed by atoms with van der Waals surface area (Å²) in [5.74, 6) is 0.984. The number of pyridine rings is 1. The summed E-state index contributed by atoms with van der Waals surface area (Å²) in [6.07, 6.45) is 4.40. The maximum atomic E-state index is 4.46. The summed E-state index contributed by atoms with van der Waals surface area (Å²) in [6, 6.07) is 4.98. The van der Waals surface area contributed by atoms with E-state index in [2.05, 4.69) is 53.3 Å². The van der Waals surface area contributed by atoms with Gasteiger partial charge in [-0.25, -0.2) is 4.98 Å². The number of likely N-dealkylation sites (tertiary alicyclic amines) is 1. The maximum Gasteiger partial charge on any atom is 0.125 e. The van der Waals surface area contributed by atoms with Crippen molar-refractivity contribution in [1.82, 2.24) is 14.8 Å². The van der Waals surface area contributed by atoms with E-state index in [-0.39, 0.29) is 0 Å². The van der Waals surface area contributed by atoms with Gasteiger partial charge in [-0.15, -0.1) is 0 Å². The molecule has 0 aromatic carbocycles. The minimum Gasteiger partial charge on any atom is -0.370 e. The van der Waals surface area contributed by atoms with E-state index in [1.165, 1.54) is 25.1 Å². The van der Waals surface area contributed by atoms with E-state index in [9.17, 15) is 0 Å². The minimum absolute atomic E-state index is 0.707. The summed E-state index contributed by atoms with van der Waals surface area (Å²) in [6.45, 7) is 6.53. The summed E-state index contributed by atoms with van der Waals surface area (Å²) in [4.78, 5) is 9.31. The summed E-state index contributed by atoms with van der Waals surface area (Å²) in [7, 11) is 4.34. The molecule has 1 unspecified atom stereocenters. The average molecular weight is 262 g/mol. The number of nitrogens with one attached hydrogen (secondary N) is 1. The fourth-order valence-electron chi connectivity index (χ4n) is 2.51. The van der Waals surface area contributed by atoms with Crippen LogP contribution in [0.5, 0.6) is 0 Å². The minimum atomic E-state index is 0.707. The topological polar surface area (TPSA) is 31.4 Å². The smallest absolute Gasteiger partial charge is 0.125 e. The van der Waals surface area contributed by atoms with Gasteiger partial charge in [0.05, 0.1) is 0 Å².